The molecule has 8 nitrogen and oxygen atoms in total. The Balaban J connectivity index is 1.93. The van der Waals surface area contributed by atoms with Gasteiger partial charge < -0.3 is 10.6 Å². The van der Waals surface area contributed by atoms with Gasteiger partial charge >= 0.3 is 0 Å². The first kappa shape index (κ1) is 18.8. The van der Waals surface area contributed by atoms with Gasteiger partial charge in [0.25, 0.3) is 5.91 Å². The predicted molar refractivity (Wildman–Crippen MR) is 98.8 cm³/mol. The van der Waals surface area contributed by atoms with Crippen LogP contribution in [0, 0.1) is 0 Å². The quantitative estimate of drug-likeness (QED) is 0.546. The number of anilines is 2. The zero-order chi connectivity index (χ0) is 18.9. The van der Waals surface area contributed by atoms with Crippen molar-refractivity contribution in [3.63, 3.8) is 0 Å². The van der Waals surface area contributed by atoms with E-state index in [0.717, 1.165) is 0 Å². The number of carbonyl (C=O) groups excluding carboxylic acids is 3. The van der Waals surface area contributed by atoms with Crippen molar-refractivity contribution >= 4 is 34.8 Å². The maximum absolute atomic E-state index is 12.1. The standard InChI is InChI=1S/C18H19N5O3/c1-12(22-23-18(26)14-6-5-9-19-11-14)10-17(25)21-16-8-4-3-7-15(16)20-13(2)24/h3-9,11H,10H2,1-2H3,(H,20,24)(H,21,25)(H,23,26)/b22-12-. The Labute approximate surface area is 150 Å². The zero-order valence-electron chi connectivity index (χ0n) is 14.4. The van der Waals surface area contributed by atoms with Gasteiger partial charge in [-0.2, -0.15) is 5.10 Å². The van der Waals surface area contributed by atoms with E-state index >= 15 is 0 Å². The summed E-state index contributed by atoms with van der Waals surface area (Å²) in [7, 11) is 0. The lowest BCUT2D eigenvalue weighted by Crippen LogP contribution is -2.22. The van der Waals surface area contributed by atoms with E-state index in [-0.39, 0.29) is 18.2 Å². The molecular weight excluding hydrogens is 334 g/mol. The minimum absolute atomic E-state index is 0.0122. The molecule has 1 heterocycles. The van der Waals surface area contributed by atoms with E-state index in [9.17, 15) is 14.4 Å². The van der Waals surface area contributed by atoms with Gasteiger partial charge in [-0.1, -0.05) is 12.1 Å². The van der Waals surface area contributed by atoms with Gasteiger partial charge in [-0.3, -0.25) is 19.4 Å². The molecule has 0 aliphatic rings. The van der Waals surface area contributed by atoms with Crippen LogP contribution >= 0.6 is 0 Å². The molecule has 3 amide bonds. The Morgan fingerprint density at radius 2 is 1.69 bits per heavy atom. The average Bonchev–Trinajstić information content (AvgIpc) is 2.61. The van der Waals surface area contributed by atoms with E-state index in [1.807, 2.05) is 0 Å². The van der Waals surface area contributed by atoms with Crippen molar-refractivity contribution in [2.24, 2.45) is 5.10 Å². The number of hydrogen-bond acceptors (Lipinski definition) is 5. The van der Waals surface area contributed by atoms with E-state index < -0.39 is 5.91 Å². The van der Waals surface area contributed by atoms with Crippen molar-refractivity contribution in [2.75, 3.05) is 10.6 Å². The van der Waals surface area contributed by atoms with Gasteiger partial charge in [0.15, 0.2) is 0 Å². The summed E-state index contributed by atoms with van der Waals surface area (Å²) in [6, 6.07) is 10.1. The highest BCUT2D eigenvalue weighted by atomic mass is 16.2. The SMILES string of the molecule is CC(=O)Nc1ccccc1NC(=O)C/C(C)=N\NC(=O)c1cccnc1. The van der Waals surface area contributed by atoms with Crippen LogP contribution in [0.3, 0.4) is 0 Å². The molecule has 0 saturated heterocycles. The Hall–Kier alpha value is -3.55. The molecule has 0 atom stereocenters. The third-order valence-electron chi connectivity index (χ3n) is 3.20. The Kier molecular flexibility index (Phi) is 6.55. The third-order valence-corrected chi connectivity index (χ3v) is 3.20. The second-order valence-electron chi connectivity index (χ2n) is 5.48. The first-order valence-electron chi connectivity index (χ1n) is 7.85. The Morgan fingerprint density at radius 3 is 2.31 bits per heavy atom. The molecule has 3 N–H and O–H groups in total. The molecule has 0 aliphatic carbocycles. The van der Waals surface area contributed by atoms with Gasteiger partial charge in [-0.05, 0) is 31.2 Å². The number of para-hydroxylation sites is 2. The monoisotopic (exact) mass is 353 g/mol. The highest BCUT2D eigenvalue weighted by molar-refractivity contribution is 6.07. The van der Waals surface area contributed by atoms with Crippen LogP contribution in [0.1, 0.15) is 30.6 Å². The van der Waals surface area contributed by atoms with Gasteiger partial charge in [0.2, 0.25) is 11.8 Å². The van der Waals surface area contributed by atoms with E-state index in [2.05, 4.69) is 26.1 Å². The summed E-state index contributed by atoms with van der Waals surface area (Å²) in [6.07, 6.45) is 2.97. The summed E-state index contributed by atoms with van der Waals surface area (Å²) in [5.41, 5.74) is 4.17. The molecule has 0 spiro atoms. The number of amides is 3. The molecule has 0 unspecified atom stereocenters. The summed E-state index contributed by atoms with van der Waals surface area (Å²) in [4.78, 5) is 39.1. The van der Waals surface area contributed by atoms with Crippen LogP contribution < -0.4 is 16.1 Å². The molecule has 2 rings (SSSR count). The van der Waals surface area contributed by atoms with Gasteiger partial charge in [0, 0.05) is 25.0 Å². The number of pyridine rings is 1. The first-order chi connectivity index (χ1) is 12.5. The van der Waals surface area contributed by atoms with E-state index in [4.69, 9.17) is 0 Å². The molecule has 0 radical (unpaired) electrons. The summed E-state index contributed by atoms with van der Waals surface area (Å²) in [6.45, 7) is 3.02. The molecule has 0 bridgehead atoms. The molecule has 8 heteroatoms. The van der Waals surface area contributed by atoms with E-state index in [1.165, 1.54) is 13.1 Å². The Morgan fingerprint density at radius 1 is 1.00 bits per heavy atom. The van der Waals surface area contributed by atoms with Crippen molar-refractivity contribution in [1.82, 2.24) is 10.4 Å². The van der Waals surface area contributed by atoms with E-state index in [0.29, 0.717) is 22.6 Å². The van der Waals surface area contributed by atoms with Crippen LogP contribution in [-0.4, -0.2) is 28.4 Å². The van der Waals surface area contributed by atoms with Gasteiger partial charge in [0.1, 0.15) is 0 Å². The lowest BCUT2D eigenvalue weighted by molar-refractivity contribution is -0.115. The summed E-state index contributed by atoms with van der Waals surface area (Å²) in [5, 5.41) is 9.26. The fourth-order valence-electron chi connectivity index (χ4n) is 2.06. The number of benzene rings is 1. The lowest BCUT2D eigenvalue weighted by Gasteiger charge is -2.11. The average molecular weight is 353 g/mol. The van der Waals surface area contributed by atoms with Crippen molar-refractivity contribution in [1.29, 1.82) is 0 Å². The number of nitrogens with zero attached hydrogens (tertiary/aromatic N) is 2. The van der Waals surface area contributed by atoms with Crippen LogP contribution in [-0.2, 0) is 9.59 Å². The van der Waals surface area contributed by atoms with Gasteiger partial charge in [-0.25, -0.2) is 5.43 Å². The summed E-state index contributed by atoms with van der Waals surface area (Å²) >= 11 is 0. The molecular formula is C18H19N5O3. The summed E-state index contributed by atoms with van der Waals surface area (Å²) < 4.78 is 0. The molecule has 2 aromatic rings. The number of nitrogens with one attached hydrogen (secondary N) is 3. The second-order valence-corrected chi connectivity index (χ2v) is 5.48. The van der Waals surface area contributed by atoms with Gasteiger partial charge in [-0.15, -0.1) is 0 Å². The minimum atomic E-state index is -0.408. The fourth-order valence-corrected chi connectivity index (χ4v) is 2.06. The largest absolute Gasteiger partial charge is 0.325 e. The number of hydrogen-bond donors (Lipinski definition) is 3. The van der Waals surface area contributed by atoms with Crippen LogP contribution in [0.2, 0.25) is 0 Å². The molecule has 1 aromatic carbocycles. The molecule has 0 saturated carbocycles. The van der Waals surface area contributed by atoms with Crippen LogP contribution in [0.5, 0.6) is 0 Å². The molecule has 134 valence electrons. The van der Waals surface area contributed by atoms with Gasteiger partial charge in [0.05, 0.1) is 23.4 Å². The number of rotatable bonds is 6. The summed E-state index contributed by atoms with van der Waals surface area (Å²) in [5.74, 6) is -0.962. The molecule has 0 fully saturated rings. The van der Waals surface area contributed by atoms with Crippen LogP contribution in [0.15, 0.2) is 53.9 Å². The van der Waals surface area contributed by atoms with Crippen LogP contribution in [0.25, 0.3) is 0 Å². The maximum Gasteiger partial charge on any atom is 0.272 e. The maximum atomic E-state index is 12.1. The predicted octanol–water partition coefficient (Wildman–Crippen LogP) is 2.17. The molecule has 1 aromatic heterocycles. The van der Waals surface area contributed by atoms with Crippen molar-refractivity contribution in [3.8, 4) is 0 Å². The highest BCUT2D eigenvalue weighted by Gasteiger charge is 2.09. The smallest absolute Gasteiger partial charge is 0.272 e. The van der Waals surface area contributed by atoms with Crippen molar-refractivity contribution in [3.05, 3.63) is 54.4 Å². The van der Waals surface area contributed by atoms with Crippen molar-refractivity contribution < 1.29 is 14.4 Å². The Bertz CT molecular complexity index is 834. The highest BCUT2D eigenvalue weighted by Crippen LogP contribution is 2.21. The zero-order valence-corrected chi connectivity index (χ0v) is 14.4. The van der Waals surface area contributed by atoms with Crippen LogP contribution in [0.4, 0.5) is 11.4 Å². The fraction of sp³-hybridized carbons (Fsp3) is 0.167. The molecule has 26 heavy (non-hydrogen) atoms. The van der Waals surface area contributed by atoms with E-state index in [1.54, 1.807) is 49.5 Å². The van der Waals surface area contributed by atoms with Crippen molar-refractivity contribution in [2.45, 2.75) is 20.3 Å². The first-order valence-corrected chi connectivity index (χ1v) is 7.85. The second kappa shape index (κ2) is 9.07. The third kappa shape index (κ3) is 5.82. The topological polar surface area (TPSA) is 113 Å². The minimum Gasteiger partial charge on any atom is -0.325 e. The number of aromatic nitrogens is 1. The number of hydrazone groups is 1. The number of carbonyl (C=O) groups is 3. The molecule has 0 aliphatic heterocycles. The normalized spacial score (nSPS) is 10.8. The lowest BCUT2D eigenvalue weighted by atomic mass is 10.2.